The van der Waals surface area contributed by atoms with Gasteiger partial charge in [-0.3, -0.25) is 0 Å². The monoisotopic (exact) mass is 289 g/mol. The third kappa shape index (κ3) is 3.94. The minimum absolute atomic E-state index is 0.0324. The van der Waals surface area contributed by atoms with Crippen molar-refractivity contribution < 1.29 is 9.84 Å². The summed E-state index contributed by atoms with van der Waals surface area (Å²) < 4.78 is 5.39. The van der Waals surface area contributed by atoms with Crippen molar-refractivity contribution in [3.8, 4) is 6.07 Å². The van der Waals surface area contributed by atoms with Crippen LogP contribution in [0.2, 0.25) is 0 Å². The third-order valence-corrected chi connectivity index (χ3v) is 3.69. The number of hydrogen-bond acceptors (Lipinski definition) is 5. The minimum Gasteiger partial charge on any atom is -0.394 e. The van der Waals surface area contributed by atoms with Crippen molar-refractivity contribution in [1.29, 1.82) is 5.26 Å². The van der Waals surface area contributed by atoms with Crippen molar-refractivity contribution >= 4 is 5.69 Å². The standard InChI is InChI=1S/C16H23N3O2/c1-2-5-18-10-13-3-4-16(14(8-13)9-17)19-6-7-21-12-15(19)11-20/h3-4,8,15,18,20H,2,5-7,10-12H2,1H3. The molecule has 5 nitrogen and oxygen atoms in total. The van der Waals surface area contributed by atoms with Crippen LogP contribution in [0.1, 0.15) is 24.5 Å². The van der Waals surface area contributed by atoms with E-state index >= 15 is 0 Å². The van der Waals surface area contributed by atoms with E-state index in [4.69, 9.17) is 4.74 Å². The maximum absolute atomic E-state index is 9.47. The Hall–Kier alpha value is -1.61. The lowest BCUT2D eigenvalue weighted by atomic mass is 10.1. The molecule has 1 unspecified atom stereocenters. The van der Waals surface area contributed by atoms with E-state index in [2.05, 4.69) is 23.2 Å². The van der Waals surface area contributed by atoms with Gasteiger partial charge in [-0.2, -0.15) is 5.26 Å². The Kier molecular flexibility index (Phi) is 6.00. The van der Waals surface area contributed by atoms with E-state index in [0.29, 0.717) is 25.3 Å². The van der Waals surface area contributed by atoms with Gasteiger partial charge in [0.15, 0.2) is 0 Å². The lowest BCUT2D eigenvalue weighted by molar-refractivity contribution is 0.0727. The second kappa shape index (κ2) is 7.99. The van der Waals surface area contributed by atoms with Crippen LogP contribution in [-0.2, 0) is 11.3 Å². The highest BCUT2D eigenvalue weighted by Crippen LogP contribution is 2.25. The molecule has 5 heteroatoms. The molecule has 0 bridgehead atoms. The quantitative estimate of drug-likeness (QED) is 0.772. The summed E-state index contributed by atoms with van der Waals surface area (Å²) in [5.74, 6) is 0. The first-order valence-electron chi connectivity index (χ1n) is 7.49. The number of rotatable bonds is 6. The number of anilines is 1. The summed E-state index contributed by atoms with van der Waals surface area (Å²) in [6.45, 7) is 5.74. The number of nitrogens with zero attached hydrogens (tertiary/aromatic N) is 2. The molecule has 0 amide bonds. The van der Waals surface area contributed by atoms with Gasteiger partial charge < -0.3 is 20.1 Å². The normalized spacial score (nSPS) is 18.5. The van der Waals surface area contributed by atoms with Crippen LogP contribution in [-0.4, -0.2) is 44.1 Å². The van der Waals surface area contributed by atoms with E-state index in [-0.39, 0.29) is 12.6 Å². The number of morpholine rings is 1. The fourth-order valence-corrected chi connectivity index (χ4v) is 2.57. The lowest BCUT2D eigenvalue weighted by Gasteiger charge is -2.36. The second-order valence-electron chi connectivity index (χ2n) is 5.24. The molecule has 1 aliphatic rings. The zero-order valence-electron chi connectivity index (χ0n) is 12.5. The van der Waals surface area contributed by atoms with Crippen molar-refractivity contribution in [2.24, 2.45) is 0 Å². The number of ether oxygens (including phenoxy) is 1. The van der Waals surface area contributed by atoms with Gasteiger partial charge in [0.1, 0.15) is 6.07 Å². The number of hydrogen-bond donors (Lipinski definition) is 2. The molecule has 21 heavy (non-hydrogen) atoms. The third-order valence-electron chi connectivity index (χ3n) is 3.69. The fourth-order valence-electron chi connectivity index (χ4n) is 2.57. The van der Waals surface area contributed by atoms with Crippen LogP contribution >= 0.6 is 0 Å². The van der Waals surface area contributed by atoms with Crippen molar-refractivity contribution in [3.63, 3.8) is 0 Å². The smallest absolute Gasteiger partial charge is 0.101 e. The highest BCUT2D eigenvalue weighted by molar-refractivity contribution is 5.61. The Morgan fingerprint density at radius 3 is 3.10 bits per heavy atom. The molecular weight excluding hydrogens is 266 g/mol. The molecule has 0 saturated carbocycles. The summed E-state index contributed by atoms with van der Waals surface area (Å²) in [7, 11) is 0. The van der Waals surface area contributed by atoms with Crippen LogP contribution in [0.4, 0.5) is 5.69 Å². The molecule has 1 aromatic rings. The highest BCUT2D eigenvalue weighted by atomic mass is 16.5. The van der Waals surface area contributed by atoms with Crippen molar-refractivity contribution in [2.75, 3.05) is 37.8 Å². The molecular formula is C16H23N3O2. The predicted octanol–water partition coefficient (Wildman–Crippen LogP) is 1.26. The van der Waals surface area contributed by atoms with Crippen molar-refractivity contribution in [3.05, 3.63) is 29.3 Å². The van der Waals surface area contributed by atoms with Gasteiger partial charge in [-0.25, -0.2) is 0 Å². The van der Waals surface area contributed by atoms with Crippen LogP contribution in [0.25, 0.3) is 0 Å². The SMILES string of the molecule is CCCNCc1ccc(N2CCOCC2CO)c(C#N)c1. The van der Waals surface area contributed by atoms with Crippen LogP contribution in [0.5, 0.6) is 0 Å². The van der Waals surface area contributed by atoms with E-state index in [1.807, 2.05) is 18.2 Å². The molecule has 1 fully saturated rings. The Bertz CT molecular complexity index is 499. The summed E-state index contributed by atoms with van der Waals surface area (Å²) >= 11 is 0. The highest BCUT2D eigenvalue weighted by Gasteiger charge is 2.24. The van der Waals surface area contributed by atoms with E-state index in [0.717, 1.165) is 30.8 Å². The van der Waals surface area contributed by atoms with Crippen LogP contribution < -0.4 is 10.2 Å². The average Bonchev–Trinajstić information content (AvgIpc) is 2.55. The number of nitriles is 1. The van der Waals surface area contributed by atoms with E-state index in [1.165, 1.54) is 0 Å². The fraction of sp³-hybridized carbons (Fsp3) is 0.562. The summed E-state index contributed by atoms with van der Waals surface area (Å²) in [6, 6.07) is 8.16. The predicted molar refractivity (Wildman–Crippen MR) is 82.2 cm³/mol. The maximum Gasteiger partial charge on any atom is 0.101 e. The first-order chi connectivity index (χ1) is 10.3. The van der Waals surface area contributed by atoms with Crippen LogP contribution in [0.3, 0.4) is 0 Å². The van der Waals surface area contributed by atoms with Crippen LogP contribution in [0, 0.1) is 11.3 Å². The molecule has 114 valence electrons. The van der Waals surface area contributed by atoms with Gasteiger partial charge in [0, 0.05) is 13.1 Å². The molecule has 2 rings (SSSR count). The summed E-state index contributed by atoms with van der Waals surface area (Å²) in [5.41, 5.74) is 2.66. The Balaban J connectivity index is 2.17. The van der Waals surface area contributed by atoms with Gasteiger partial charge in [0.2, 0.25) is 0 Å². The average molecular weight is 289 g/mol. The second-order valence-corrected chi connectivity index (χ2v) is 5.24. The number of nitrogens with one attached hydrogen (secondary N) is 1. The summed E-state index contributed by atoms with van der Waals surface area (Å²) in [6.07, 6.45) is 1.09. The minimum atomic E-state index is -0.0742. The van der Waals surface area contributed by atoms with Crippen molar-refractivity contribution in [1.82, 2.24) is 5.32 Å². The lowest BCUT2D eigenvalue weighted by Crippen LogP contribution is -2.48. The summed E-state index contributed by atoms with van der Waals surface area (Å²) in [4.78, 5) is 2.07. The Morgan fingerprint density at radius 1 is 1.52 bits per heavy atom. The zero-order chi connectivity index (χ0) is 15.1. The number of aliphatic hydroxyl groups is 1. The number of aliphatic hydroxyl groups excluding tert-OH is 1. The first-order valence-corrected chi connectivity index (χ1v) is 7.49. The van der Waals surface area contributed by atoms with Crippen molar-refractivity contribution in [2.45, 2.75) is 25.9 Å². The molecule has 0 aromatic heterocycles. The maximum atomic E-state index is 9.47. The van der Waals surface area contributed by atoms with Gasteiger partial charge in [-0.15, -0.1) is 0 Å². The first kappa shape index (κ1) is 15.8. The van der Waals surface area contributed by atoms with Gasteiger partial charge in [0.25, 0.3) is 0 Å². The molecule has 0 aliphatic carbocycles. The van der Waals surface area contributed by atoms with Gasteiger partial charge in [-0.05, 0) is 30.7 Å². The topological polar surface area (TPSA) is 68.5 Å². The molecule has 2 N–H and O–H groups in total. The molecule has 1 heterocycles. The molecule has 1 aliphatic heterocycles. The molecule has 0 spiro atoms. The van der Waals surface area contributed by atoms with Gasteiger partial charge >= 0.3 is 0 Å². The largest absolute Gasteiger partial charge is 0.394 e. The number of benzene rings is 1. The molecule has 1 atom stereocenters. The van der Waals surface area contributed by atoms with Gasteiger partial charge in [0.05, 0.1) is 37.1 Å². The van der Waals surface area contributed by atoms with E-state index in [9.17, 15) is 10.4 Å². The summed E-state index contributed by atoms with van der Waals surface area (Å²) in [5, 5.41) is 22.2. The van der Waals surface area contributed by atoms with E-state index in [1.54, 1.807) is 0 Å². The molecule has 1 aromatic carbocycles. The van der Waals surface area contributed by atoms with E-state index < -0.39 is 0 Å². The Labute approximate surface area is 126 Å². The zero-order valence-corrected chi connectivity index (χ0v) is 12.5. The van der Waals surface area contributed by atoms with Crippen LogP contribution in [0.15, 0.2) is 18.2 Å². The molecule has 1 saturated heterocycles. The van der Waals surface area contributed by atoms with Gasteiger partial charge in [-0.1, -0.05) is 13.0 Å². The molecule has 0 radical (unpaired) electrons. The Morgan fingerprint density at radius 2 is 2.38 bits per heavy atom.